The maximum absolute atomic E-state index is 9.52. The summed E-state index contributed by atoms with van der Waals surface area (Å²) >= 11 is 0. The molecule has 1 atom stereocenters. The van der Waals surface area contributed by atoms with E-state index in [1.807, 2.05) is 0 Å². The Balaban J connectivity index is 2.11. The molecule has 0 saturated heterocycles. The second-order valence-corrected chi connectivity index (χ2v) is 3.97. The highest BCUT2D eigenvalue weighted by Gasteiger charge is 2.16. The van der Waals surface area contributed by atoms with Crippen molar-refractivity contribution in [3.8, 4) is 0 Å². The van der Waals surface area contributed by atoms with E-state index in [1.165, 1.54) is 32.1 Å². The predicted octanol–water partition coefficient (Wildman–Crippen LogP) is 1.67. The van der Waals surface area contributed by atoms with Gasteiger partial charge in [0, 0.05) is 0 Å². The molecule has 0 aromatic heterocycles. The van der Waals surface area contributed by atoms with Crippen LogP contribution in [0.2, 0.25) is 0 Å². The molecule has 0 unspecified atom stereocenters. The van der Waals surface area contributed by atoms with Gasteiger partial charge in [-0.1, -0.05) is 32.1 Å². The summed E-state index contributed by atoms with van der Waals surface area (Å²) in [5.41, 5.74) is 5.37. The van der Waals surface area contributed by atoms with E-state index in [4.69, 9.17) is 5.73 Å². The molecule has 1 aliphatic rings. The Morgan fingerprint density at radius 2 is 1.92 bits per heavy atom. The average molecular weight is 171 g/mol. The first-order chi connectivity index (χ1) is 5.83. The summed E-state index contributed by atoms with van der Waals surface area (Å²) in [6.07, 6.45) is 8.37. The molecule has 1 saturated carbocycles. The Kier molecular flexibility index (Phi) is 4.62. The zero-order chi connectivity index (χ0) is 8.81. The summed E-state index contributed by atoms with van der Waals surface area (Å²) in [4.78, 5) is 0. The molecule has 0 aliphatic heterocycles. The van der Waals surface area contributed by atoms with Gasteiger partial charge in [0.2, 0.25) is 0 Å². The van der Waals surface area contributed by atoms with E-state index in [0.29, 0.717) is 6.54 Å². The van der Waals surface area contributed by atoms with Gasteiger partial charge in [-0.15, -0.1) is 0 Å². The molecule has 2 heteroatoms. The lowest BCUT2D eigenvalue weighted by atomic mass is 9.85. The van der Waals surface area contributed by atoms with Crippen molar-refractivity contribution in [3.05, 3.63) is 0 Å². The van der Waals surface area contributed by atoms with Crippen molar-refractivity contribution in [3.63, 3.8) is 0 Å². The summed E-state index contributed by atoms with van der Waals surface area (Å²) in [5.74, 6) is 0.778. The molecule has 0 aromatic carbocycles. The van der Waals surface area contributed by atoms with Crippen molar-refractivity contribution >= 4 is 0 Å². The number of aliphatic hydroxyl groups is 1. The van der Waals surface area contributed by atoms with E-state index in [9.17, 15) is 5.11 Å². The second-order valence-electron chi connectivity index (χ2n) is 3.97. The monoisotopic (exact) mass is 171 g/mol. The zero-order valence-corrected chi connectivity index (χ0v) is 7.84. The Hall–Kier alpha value is -0.0800. The fourth-order valence-corrected chi connectivity index (χ4v) is 2.12. The van der Waals surface area contributed by atoms with Crippen LogP contribution in [-0.2, 0) is 0 Å². The van der Waals surface area contributed by atoms with Crippen LogP contribution in [0.5, 0.6) is 0 Å². The fraction of sp³-hybridized carbons (Fsp3) is 1.00. The van der Waals surface area contributed by atoms with Crippen molar-refractivity contribution in [1.29, 1.82) is 0 Å². The van der Waals surface area contributed by atoms with Gasteiger partial charge in [-0.3, -0.25) is 0 Å². The van der Waals surface area contributed by atoms with E-state index < -0.39 is 0 Å². The Labute approximate surface area is 75.2 Å². The molecule has 1 rings (SSSR count). The van der Waals surface area contributed by atoms with Gasteiger partial charge in [-0.25, -0.2) is 0 Å². The smallest absolute Gasteiger partial charge is 0.0554 e. The lowest BCUT2D eigenvalue weighted by molar-refractivity contribution is 0.124. The van der Waals surface area contributed by atoms with E-state index in [-0.39, 0.29) is 6.10 Å². The Morgan fingerprint density at radius 1 is 1.25 bits per heavy atom. The van der Waals surface area contributed by atoms with Gasteiger partial charge in [-0.05, 0) is 25.3 Å². The number of hydrogen-bond acceptors (Lipinski definition) is 2. The predicted molar refractivity (Wildman–Crippen MR) is 50.9 cm³/mol. The number of nitrogens with two attached hydrogens (primary N) is 1. The van der Waals surface area contributed by atoms with Gasteiger partial charge < -0.3 is 10.8 Å². The third kappa shape index (κ3) is 3.55. The van der Waals surface area contributed by atoms with Crippen LogP contribution in [-0.4, -0.2) is 17.8 Å². The van der Waals surface area contributed by atoms with E-state index in [2.05, 4.69) is 0 Å². The molecule has 0 aromatic rings. The molecule has 2 nitrogen and oxygen atoms in total. The zero-order valence-electron chi connectivity index (χ0n) is 7.84. The molecule has 1 fully saturated rings. The molecule has 0 amide bonds. The SMILES string of the molecule is NCC[C@@H](O)CC1CCCCC1. The van der Waals surface area contributed by atoms with Gasteiger partial charge in [-0.2, -0.15) is 0 Å². The first-order valence-corrected chi connectivity index (χ1v) is 5.21. The second kappa shape index (κ2) is 5.55. The van der Waals surface area contributed by atoms with Crippen LogP contribution in [0.1, 0.15) is 44.9 Å². The highest BCUT2D eigenvalue weighted by atomic mass is 16.3. The third-order valence-corrected chi connectivity index (χ3v) is 2.83. The minimum atomic E-state index is -0.141. The summed E-state index contributed by atoms with van der Waals surface area (Å²) in [7, 11) is 0. The fourth-order valence-electron chi connectivity index (χ4n) is 2.12. The largest absolute Gasteiger partial charge is 0.393 e. The van der Waals surface area contributed by atoms with Gasteiger partial charge in [0.05, 0.1) is 6.10 Å². The normalized spacial score (nSPS) is 22.5. The molecule has 3 N–H and O–H groups in total. The minimum absolute atomic E-state index is 0.141. The highest BCUT2D eigenvalue weighted by Crippen LogP contribution is 2.27. The molecule has 1 aliphatic carbocycles. The summed E-state index contributed by atoms with van der Waals surface area (Å²) < 4.78 is 0. The molecule has 72 valence electrons. The molecular weight excluding hydrogens is 150 g/mol. The molecule has 0 radical (unpaired) electrons. The van der Waals surface area contributed by atoms with Crippen LogP contribution in [0.4, 0.5) is 0 Å². The molecule has 12 heavy (non-hydrogen) atoms. The lowest BCUT2D eigenvalue weighted by Gasteiger charge is -2.23. The summed E-state index contributed by atoms with van der Waals surface area (Å²) in [5, 5.41) is 9.52. The van der Waals surface area contributed by atoms with Crippen LogP contribution in [0.15, 0.2) is 0 Å². The van der Waals surface area contributed by atoms with Gasteiger partial charge in [0.15, 0.2) is 0 Å². The molecular formula is C10H21NO. The van der Waals surface area contributed by atoms with Crippen molar-refractivity contribution in [1.82, 2.24) is 0 Å². The topological polar surface area (TPSA) is 46.2 Å². The minimum Gasteiger partial charge on any atom is -0.393 e. The Morgan fingerprint density at radius 3 is 2.50 bits per heavy atom. The number of hydrogen-bond donors (Lipinski definition) is 2. The van der Waals surface area contributed by atoms with E-state index in [0.717, 1.165) is 18.8 Å². The molecule has 0 heterocycles. The van der Waals surface area contributed by atoms with Crippen LogP contribution >= 0.6 is 0 Å². The molecule has 0 bridgehead atoms. The number of rotatable bonds is 4. The lowest BCUT2D eigenvalue weighted by Crippen LogP contribution is -2.19. The van der Waals surface area contributed by atoms with E-state index in [1.54, 1.807) is 0 Å². The van der Waals surface area contributed by atoms with Gasteiger partial charge in [0.1, 0.15) is 0 Å². The summed E-state index contributed by atoms with van der Waals surface area (Å²) in [6, 6.07) is 0. The van der Waals surface area contributed by atoms with Crippen LogP contribution in [0.3, 0.4) is 0 Å². The highest BCUT2D eigenvalue weighted by molar-refractivity contribution is 4.69. The standard InChI is InChI=1S/C10H21NO/c11-7-6-10(12)8-9-4-2-1-3-5-9/h9-10,12H,1-8,11H2/t10-/m1/s1. The van der Waals surface area contributed by atoms with Gasteiger partial charge >= 0.3 is 0 Å². The van der Waals surface area contributed by atoms with Gasteiger partial charge in [0.25, 0.3) is 0 Å². The maximum Gasteiger partial charge on any atom is 0.0554 e. The van der Waals surface area contributed by atoms with Crippen molar-refractivity contribution in [2.24, 2.45) is 11.7 Å². The van der Waals surface area contributed by atoms with E-state index >= 15 is 0 Å². The van der Waals surface area contributed by atoms with Crippen LogP contribution in [0, 0.1) is 5.92 Å². The average Bonchev–Trinajstić information content (AvgIpc) is 2.06. The number of aliphatic hydroxyl groups excluding tert-OH is 1. The van der Waals surface area contributed by atoms with Crippen molar-refractivity contribution < 1.29 is 5.11 Å². The first-order valence-electron chi connectivity index (χ1n) is 5.21. The van der Waals surface area contributed by atoms with Crippen molar-refractivity contribution in [2.75, 3.05) is 6.54 Å². The first kappa shape index (κ1) is 10.0. The third-order valence-electron chi connectivity index (χ3n) is 2.83. The van der Waals surface area contributed by atoms with Crippen LogP contribution < -0.4 is 5.73 Å². The maximum atomic E-state index is 9.52. The quantitative estimate of drug-likeness (QED) is 0.676. The molecule has 0 spiro atoms. The van der Waals surface area contributed by atoms with Crippen molar-refractivity contribution in [2.45, 2.75) is 51.0 Å². The summed E-state index contributed by atoms with van der Waals surface area (Å²) in [6.45, 7) is 0.619. The Bertz CT molecular complexity index is 110. The van der Waals surface area contributed by atoms with Crippen LogP contribution in [0.25, 0.3) is 0 Å².